The van der Waals surface area contributed by atoms with Gasteiger partial charge >= 0.3 is 16.4 Å². The normalized spacial score (nSPS) is 16.3. The lowest BCUT2D eigenvalue weighted by Gasteiger charge is -2.22. The third-order valence-electron chi connectivity index (χ3n) is 1.92. The molecule has 7 nitrogen and oxygen atoms in total. The van der Waals surface area contributed by atoms with Crippen LogP contribution in [0.5, 0.6) is 0 Å². The van der Waals surface area contributed by atoms with E-state index in [1.807, 2.05) is 0 Å². The van der Waals surface area contributed by atoms with Crippen LogP contribution in [-0.4, -0.2) is 41.9 Å². The second-order valence-electron chi connectivity index (χ2n) is 3.40. The summed E-state index contributed by atoms with van der Waals surface area (Å²) >= 11 is 0. The van der Waals surface area contributed by atoms with Gasteiger partial charge in [0.05, 0.1) is 6.61 Å². The van der Waals surface area contributed by atoms with Crippen molar-refractivity contribution in [3.8, 4) is 0 Å². The minimum atomic E-state index is -4.62. The Morgan fingerprint density at radius 2 is 1.87 bits per heavy atom. The van der Waals surface area contributed by atoms with Gasteiger partial charge in [-0.3, -0.25) is 4.55 Å². The summed E-state index contributed by atoms with van der Waals surface area (Å²) in [5.74, 6) is -2.69. The Hall–Kier alpha value is -0.700. The van der Waals surface area contributed by atoms with Crippen molar-refractivity contribution in [3.63, 3.8) is 0 Å². The summed E-state index contributed by atoms with van der Waals surface area (Å²) in [5, 5.41) is 17.7. The topological polar surface area (TPSA) is 121 Å². The molecule has 0 rings (SSSR count). The van der Waals surface area contributed by atoms with E-state index in [9.17, 15) is 18.3 Å². The summed E-state index contributed by atoms with van der Waals surface area (Å²) in [7, 11) is -4.62. The molecule has 8 heteroatoms. The molecule has 0 aromatic rings. The molecule has 0 bridgehead atoms. The van der Waals surface area contributed by atoms with Gasteiger partial charge in [0, 0.05) is 5.92 Å². The Morgan fingerprint density at radius 3 is 2.13 bits per heavy atom. The fourth-order valence-electron chi connectivity index (χ4n) is 0.996. The second-order valence-corrected chi connectivity index (χ2v) is 4.49. The van der Waals surface area contributed by atoms with Crippen molar-refractivity contribution < 1.29 is 32.2 Å². The lowest BCUT2D eigenvalue weighted by molar-refractivity contribution is -0.151. The molecule has 0 saturated carbocycles. The van der Waals surface area contributed by atoms with Crippen molar-refractivity contribution in [2.75, 3.05) is 6.61 Å². The Balaban J connectivity index is 4.49. The molecule has 0 heterocycles. The highest BCUT2D eigenvalue weighted by Gasteiger charge is 2.29. The van der Waals surface area contributed by atoms with Crippen LogP contribution < -0.4 is 0 Å². The maximum absolute atomic E-state index is 10.5. The van der Waals surface area contributed by atoms with Crippen LogP contribution in [0, 0.1) is 11.8 Å². The van der Waals surface area contributed by atoms with Crippen LogP contribution in [0.2, 0.25) is 0 Å². The van der Waals surface area contributed by atoms with E-state index in [1.54, 1.807) is 13.8 Å². The molecule has 0 spiro atoms. The van der Waals surface area contributed by atoms with Crippen LogP contribution in [0.25, 0.3) is 0 Å². The number of carboxylic acids is 1. The van der Waals surface area contributed by atoms with Crippen LogP contribution in [0.3, 0.4) is 0 Å². The van der Waals surface area contributed by atoms with E-state index in [1.165, 1.54) is 0 Å². The van der Waals surface area contributed by atoms with Crippen LogP contribution >= 0.6 is 0 Å². The van der Waals surface area contributed by atoms with E-state index in [4.69, 9.17) is 9.66 Å². The first-order valence-electron chi connectivity index (χ1n) is 4.18. The molecule has 0 fully saturated rings. The summed E-state index contributed by atoms with van der Waals surface area (Å²) in [5.41, 5.74) is 0. The zero-order valence-electron chi connectivity index (χ0n) is 8.32. The van der Waals surface area contributed by atoms with Gasteiger partial charge in [-0.2, -0.15) is 8.42 Å². The molecule has 0 aromatic heterocycles. The van der Waals surface area contributed by atoms with Crippen molar-refractivity contribution in [3.05, 3.63) is 0 Å². The van der Waals surface area contributed by atoms with Crippen LogP contribution in [0.4, 0.5) is 0 Å². The standard InChI is InChI=1S/C7H14O7S/c1-4(2)5(6(8)7(9)10)3-14-15(11,12)13/h4-6,8H,3H2,1-2H3,(H,9,10)(H,11,12,13)/t5-,6+/m0/s1. The van der Waals surface area contributed by atoms with E-state index in [-0.39, 0.29) is 5.92 Å². The van der Waals surface area contributed by atoms with Crippen molar-refractivity contribution in [1.29, 1.82) is 0 Å². The summed E-state index contributed by atoms with van der Waals surface area (Å²) in [6.07, 6.45) is -1.73. The van der Waals surface area contributed by atoms with Gasteiger partial charge in [0.2, 0.25) is 0 Å². The van der Waals surface area contributed by atoms with Gasteiger partial charge in [0.25, 0.3) is 0 Å². The number of hydrogen-bond acceptors (Lipinski definition) is 5. The number of aliphatic hydroxyl groups is 1. The third-order valence-corrected chi connectivity index (χ3v) is 2.36. The molecule has 3 N–H and O–H groups in total. The molecule has 2 atom stereocenters. The van der Waals surface area contributed by atoms with Crippen molar-refractivity contribution >= 4 is 16.4 Å². The van der Waals surface area contributed by atoms with Gasteiger partial charge in [-0.1, -0.05) is 13.8 Å². The van der Waals surface area contributed by atoms with Gasteiger partial charge in [-0.05, 0) is 5.92 Å². The minimum absolute atomic E-state index is 0.308. The SMILES string of the molecule is CC(C)[C@H](COS(=O)(=O)O)[C@@H](O)C(=O)O. The van der Waals surface area contributed by atoms with Crippen molar-refractivity contribution in [2.24, 2.45) is 11.8 Å². The highest BCUT2D eigenvalue weighted by Crippen LogP contribution is 2.17. The minimum Gasteiger partial charge on any atom is -0.479 e. The van der Waals surface area contributed by atoms with Crippen LogP contribution in [0.15, 0.2) is 0 Å². The number of aliphatic hydroxyl groups excluding tert-OH is 1. The lowest BCUT2D eigenvalue weighted by atomic mass is 9.91. The van der Waals surface area contributed by atoms with Crippen LogP contribution in [-0.2, 0) is 19.4 Å². The molecule has 0 aliphatic heterocycles. The fraction of sp³-hybridized carbons (Fsp3) is 0.857. The summed E-state index contributed by atoms with van der Waals surface area (Å²) in [6.45, 7) is 2.62. The van der Waals surface area contributed by atoms with Gasteiger partial charge < -0.3 is 10.2 Å². The third kappa shape index (κ3) is 5.67. The Morgan fingerprint density at radius 1 is 1.40 bits per heavy atom. The summed E-state index contributed by atoms with van der Waals surface area (Å²) < 4.78 is 32.8. The van der Waals surface area contributed by atoms with Gasteiger partial charge in [-0.15, -0.1) is 0 Å². The maximum Gasteiger partial charge on any atom is 0.397 e. The first kappa shape index (κ1) is 14.3. The molecular formula is C7H14O7S. The molecular weight excluding hydrogens is 228 g/mol. The molecule has 0 aromatic carbocycles. The Bertz CT molecular complexity index is 307. The van der Waals surface area contributed by atoms with Gasteiger partial charge in [0.1, 0.15) is 0 Å². The fourth-order valence-corrected chi connectivity index (χ4v) is 1.32. The molecule has 0 aliphatic carbocycles. The number of carboxylic acid groups (broad SMARTS) is 1. The van der Waals surface area contributed by atoms with E-state index in [0.717, 1.165) is 0 Å². The van der Waals surface area contributed by atoms with Crippen molar-refractivity contribution in [1.82, 2.24) is 0 Å². The average molecular weight is 242 g/mol. The molecule has 15 heavy (non-hydrogen) atoms. The molecule has 0 radical (unpaired) electrons. The number of hydrogen-bond donors (Lipinski definition) is 3. The van der Waals surface area contributed by atoms with E-state index < -0.39 is 35.0 Å². The van der Waals surface area contributed by atoms with E-state index >= 15 is 0 Å². The van der Waals surface area contributed by atoms with Gasteiger partial charge in [-0.25, -0.2) is 8.98 Å². The highest BCUT2D eigenvalue weighted by atomic mass is 32.3. The first-order valence-corrected chi connectivity index (χ1v) is 5.54. The van der Waals surface area contributed by atoms with E-state index in [2.05, 4.69) is 4.18 Å². The smallest absolute Gasteiger partial charge is 0.397 e. The van der Waals surface area contributed by atoms with Crippen molar-refractivity contribution in [2.45, 2.75) is 20.0 Å². The first-order chi connectivity index (χ1) is 6.65. The largest absolute Gasteiger partial charge is 0.479 e. The maximum atomic E-state index is 10.5. The van der Waals surface area contributed by atoms with E-state index in [0.29, 0.717) is 0 Å². The zero-order chi connectivity index (χ0) is 12.2. The molecule has 0 saturated heterocycles. The number of carbonyl (C=O) groups is 1. The molecule has 0 unspecified atom stereocenters. The predicted molar refractivity (Wildman–Crippen MR) is 49.5 cm³/mol. The average Bonchev–Trinajstić information content (AvgIpc) is 2.01. The summed E-state index contributed by atoms with van der Waals surface area (Å²) in [6, 6.07) is 0. The zero-order valence-corrected chi connectivity index (χ0v) is 9.14. The molecule has 0 aliphatic rings. The highest BCUT2D eigenvalue weighted by molar-refractivity contribution is 7.80. The number of rotatable bonds is 6. The predicted octanol–water partition coefficient (Wildman–Crippen LogP) is -0.476. The second kappa shape index (κ2) is 5.40. The van der Waals surface area contributed by atoms with Gasteiger partial charge in [0.15, 0.2) is 6.10 Å². The molecule has 90 valence electrons. The monoisotopic (exact) mass is 242 g/mol. The quantitative estimate of drug-likeness (QED) is 0.538. The Kier molecular flexibility index (Phi) is 5.15. The Labute approximate surface area is 87.6 Å². The van der Waals surface area contributed by atoms with Crippen LogP contribution in [0.1, 0.15) is 13.8 Å². The lowest BCUT2D eigenvalue weighted by Crippen LogP contribution is -2.36. The summed E-state index contributed by atoms with van der Waals surface area (Å²) in [4.78, 5) is 10.5. The molecule has 0 amide bonds. The number of aliphatic carboxylic acids is 1.